The molecule has 26 heavy (non-hydrogen) atoms. The largest absolute Gasteiger partial charge is 0.288 e. The zero-order chi connectivity index (χ0) is 18.0. The van der Waals surface area contributed by atoms with Gasteiger partial charge in [-0.25, -0.2) is 9.98 Å². The maximum absolute atomic E-state index is 13.0. The fourth-order valence-electron chi connectivity index (χ4n) is 3.28. The van der Waals surface area contributed by atoms with Crippen LogP contribution < -0.4 is 10.7 Å². The van der Waals surface area contributed by atoms with E-state index in [-0.39, 0.29) is 22.2 Å². The number of hydrogen-bond donors (Lipinski definition) is 0. The van der Waals surface area contributed by atoms with Crippen LogP contribution in [0.25, 0.3) is 0 Å². The lowest BCUT2D eigenvalue weighted by atomic mass is 9.93. The molecule has 0 radical (unpaired) electrons. The standard InChI is InChI=1S/C20H8Cl2N2O2/c21-12-5-6-14-17(18(12)22)20(26)11-8-15-10(7-16(11)24-14)19(25)9-3-1-2-4-13(9)23-15/h1-8H. The summed E-state index contributed by atoms with van der Waals surface area (Å²) in [6.07, 6.45) is 0. The Morgan fingerprint density at radius 3 is 2.12 bits per heavy atom. The summed E-state index contributed by atoms with van der Waals surface area (Å²) in [6, 6.07) is 13.6. The van der Waals surface area contributed by atoms with Crippen molar-refractivity contribution in [2.75, 3.05) is 0 Å². The number of halogens is 2. The van der Waals surface area contributed by atoms with Gasteiger partial charge in [-0.1, -0.05) is 35.3 Å². The van der Waals surface area contributed by atoms with Gasteiger partial charge in [0.05, 0.1) is 48.8 Å². The molecule has 0 fully saturated rings. The fourth-order valence-corrected chi connectivity index (χ4v) is 3.68. The number of para-hydroxylation sites is 1. The van der Waals surface area contributed by atoms with Gasteiger partial charge in [-0.2, -0.15) is 0 Å². The van der Waals surface area contributed by atoms with Gasteiger partial charge in [0.2, 0.25) is 0 Å². The average molecular weight is 379 g/mol. The van der Waals surface area contributed by atoms with E-state index in [4.69, 9.17) is 23.2 Å². The molecule has 6 heteroatoms. The summed E-state index contributed by atoms with van der Waals surface area (Å²) in [5.41, 5.74) is 2.63. The molecule has 0 spiro atoms. The van der Waals surface area contributed by atoms with Crippen LogP contribution in [0.4, 0.5) is 11.4 Å². The summed E-state index contributed by atoms with van der Waals surface area (Å²) >= 11 is 12.3. The Morgan fingerprint density at radius 2 is 1.35 bits per heavy atom. The number of hydrogen-bond acceptors (Lipinski definition) is 4. The van der Waals surface area contributed by atoms with Crippen LogP contribution in [-0.4, -0.2) is 11.6 Å². The smallest absolute Gasteiger partial charge is 0.199 e. The Labute approximate surface area is 157 Å². The molecule has 0 amide bonds. The topological polar surface area (TPSA) is 58.9 Å². The van der Waals surface area contributed by atoms with Crippen molar-refractivity contribution in [1.29, 1.82) is 0 Å². The molecule has 5 rings (SSSR count). The van der Waals surface area contributed by atoms with Crippen molar-refractivity contribution in [3.05, 3.63) is 91.5 Å². The second-order valence-electron chi connectivity index (χ2n) is 6.04. The molecule has 0 aliphatic carbocycles. The lowest BCUT2D eigenvalue weighted by Gasteiger charge is -2.16. The highest BCUT2D eigenvalue weighted by Gasteiger charge is 2.27. The predicted molar refractivity (Wildman–Crippen MR) is 97.8 cm³/mol. The zero-order valence-electron chi connectivity index (χ0n) is 13.1. The molecule has 2 aliphatic rings. The quantitative estimate of drug-likeness (QED) is 0.409. The van der Waals surface area contributed by atoms with Crippen molar-refractivity contribution in [2.45, 2.75) is 0 Å². The number of carbonyl (C=O) groups excluding carboxylic acids is 2. The van der Waals surface area contributed by atoms with Crippen molar-refractivity contribution in [1.82, 2.24) is 0 Å². The van der Waals surface area contributed by atoms with Crippen molar-refractivity contribution in [3.8, 4) is 0 Å². The molecule has 2 aliphatic heterocycles. The van der Waals surface area contributed by atoms with Crippen LogP contribution >= 0.6 is 23.2 Å². The first kappa shape index (κ1) is 15.4. The van der Waals surface area contributed by atoms with E-state index in [2.05, 4.69) is 9.98 Å². The average Bonchev–Trinajstić information content (AvgIpc) is 2.64. The van der Waals surface area contributed by atoms with E-state index in [1.54, 1.807) is 42.5 Å². The highest BCUT2D eigenvalue weighted by molar-refractivity contribution is 6.45. The summed E-state index contributed by atoms with van der Waals surface area (Å²) in [5, 5.41) is 1.36. The number of ketones is 2. The summed E-state index contributed by atoms with van der Waals surface area (Å²) in [4.78, 5) is 34.8. The highest BCUT2D eigenvalue weighted by atomic mass is 35.5. The molecule has 0 N–H and O–H groups in total. The number of benzene rings is 3. The third kappa shape index (κ3) is 2.03. The summed E-state index contributed by atoms with van der Waals surface area (Å²) < 4.78 is 0. The van der Waals surface area contributed by atoms with Gasteiger partial charge >= 0.3 is 0 Å². The molecule has 124 valence electrons. The highest BCUT2D eigenvalue weighted by Crippen LogP contribution is 2.36. The van der Waals surface area contributed by atoms with Crippen LogP contribution in [0.5, 0.6) is 0 Å². The molecule has 0 atom stereocenters. The lowest BCUT2D eigenvalue weighted by molar-refractivity contribution is 0.102. The zero-order valence-corrected chi connectivity index (χ0v) is 14.6. The molecule has 0 saturated heterocycles. The Balaban J connectivity index is 1.84. The molecular weight excluding hydrogens is 371 g/mol. The van der Waals surface area contributed by atoms with Crippen LogP contribution in [0, 0.1) is 0 Å². The second kappa shape index (κ2) is 5.34. The second-order valence-corrected chi connectivity index (χ2v) is 6.83. The Morgan fingerprint density at radius 1 is 0.692 bits per heavy atom. The first-order chi connectivity index (χ1) is 12.5. The van der Waals surface area contributed by atoms with E-state index in [1.807, 2.05) is 6.07 Å². The van der Waals surface area contributed by atoms with Crippen molar-refractivity contribution in [3.63, 3.8) is 0 Å². The summed E-state index contributed by atoms with van der Waals surface area (Å²) in [5.74, 6) is -0.405. The molecule has 3 aromatic carbocycles. The van der Waals surface area contributed by atoms with Crippen molar-refractivity contribution in [2.24, 2.45) is 9.98 Å². The minimum absolute atomic E-state index is 0.129. The molecule has 0 aromatic heterocycles. The third-order valence-electron chi connectivity index (χ3n) is 4.53. The Kier molecular flexibility index (Phi) is 3.17. The summed E-state index contributed by atoms with van der Waals surface area (Å²) in [6.45, 7) is 0. The number of fused-ring (bicyclic) bond motifs is 4. The number of nitrogens with zero attached hydrogens (tertiary/aromatic N) is 2. The molecule has 2 heterocycles. The fraction of sp³-hybridized carbons (Fsp3) is 0. The SMILES string of the molecule is O=C1c2ccccc2N=c2cc3c(cc21)=Nc1ccc(Cl)c(Cl)c1C3=O. The van der Waals surface area contributed by atoms with Crippen molar-refractivity contribution >= 4 is 46.1 Å². The van der Waals surface area contributed by atoms with Gasteiger partial charge < -0.3 is 0 Å². The molecule has 4 nitrogen and oxygen atoms in total. The van der Waals surface area contributed by atoms with Gasteiger partial charge in [-0.05, 0) is 36.4 Å². The van der Waals surface area contributed by atoms with Gasteiger partial charge in [0.1, 0.15) is 0 Å². The molecular formula is C20H8Cl2N2O2. The van der Waals surface area contributed by atoms with Crippen LogP contribution in [0.1, 0.15) is 31.8 Å². The van der Waals surface area contributed by atoms with E-state index in [0.29, 0.717) is 43.8 Å². The van der Waals surface area contributed by atoms with E-state index < -0.39 is 0 Å². The molecule has 3 aromatic rings. The molecule has 0 bridgehead atoms. The van der Waals surface area contributed by atoms with Crippen LogP contribution in [0.15, 0.2) is 58.5 Å². The number of rotatable bonds is 0. The van der Waals surface area contributed by atoms with Crippen LogP contribution in [-0.2, 0) is 0 Å². The Bertz CT molecular complexity index is 1300. The van der Waals surface area contributed by atoms with Crippen molar-refractivity contribution < 1.29 is 9.59 Å². The van der Waals surface area contributed by atoms with E-state index in [1.165, 1.54) is 0 Å². The molecule has 0 unspecified atom stereocenters. The summed E-state index contributed by atoms with van der Waals surface area (Å²) in [7, 11) is 0. The molecule has 0 saturated carbocycles. The number of carbonyl (C=O) groups is 2. The normalized spacial score (nSPS) is 13.8. The predicted octanol–water partition coefficient (Wildman–Crippen LogP) is 3.98. The Hall–Kier alpha value is -2.82. The minimum atomic E-state index is -0.276. The van der Waals surface area contributed by atoms with E-state index in [9.17, 15) is 9.59 Å². The van der Waals surface area contributed by atoms with Gasteiger partial charge in [-0.3, -0.25) is 9.59 Å². The van der Waals surface area contributed by atoms with Crippen LogP contribution in [0.2, 0.25) is 10.0 Å². The van der Waals surface area contributed by atoms with Gasteiger partial charge in [0, 0.05) is 5.56 Å². The van der Waals surface area contributed by atoms with Gasteiger partial charge in [-0.15, -0.1) is 0 Å². The van der Waals surface area contributed by atoms with Crippen LogP contribution in [0.3, 0.4) is 0 Å². The van der Waals surface area contributed by atoms with Gasteiger partial charge in [0.15, 0.2) is 11.6 Å². The monoisotopic (exact) mass is 378 g/mol. The maximum atomic E-state index is 13.0. The van der Waals surface area contributed by atoms with Gasteiger partial charge in [0.25, 0.3) is 0 Å². The third-order valence-corrected chi connectivity index (χ3v) is 5.34. The maximum Gasteiger partial charge on any atom is 0.199 e. The lowest BCUT2D eigenvalue weighted by Crippen LogP contribution is -2.30. The first-order valence-electron chi connectivity index (χ1n) is 7.82. The van der Waals surface area contributed by atoms with E-state index in [0.717, 1.165) is 0 Å². The minimum Gasteiger partial charge on any atom is -0.288 e. The van der Waals surface area contributed by atoms with E-state index >= 15 is 0 Å². The first-order valence-corrected chi connectivity index (χ1v) is 8.58.